The molecule has 6 heteroatoms. The SMILES string of the molecule is Cc1nccc(C(=O)N2CCOC[C@@H](Cc3cccc4occc34)C2)n1. The second-order valence-corrected chi connectivity index (χ2v) is 6.63. The predicted molar refractivity (Wildman–Crippen MR) is 96.9 cm³/mol. The lowest BCUT2D eigenvalue weighted by molar-refractivity contribution is 0.0731. The molecule has 1 atom stereocenters. The topological polar surface area (TPSA) is 68.5 Å². The van der Waals surface area contributed by atoms with Crippen LogP contribution in [0.4, 0.5) is 0 Å². The lowest BCUT2D eigenvalue weighted by Crippen LogP contribution is -2.37. The van der Waals surface area contributed by atoms with Crippen molar-refractivity contribution in [2.45, 2.75) is 13.3 Å². The van der Waals surface area contributed by atoms with E-state index in [1.54, 1.807) is 25.5 Å². The van der Waals surface area contributed by atoms with Crippen LogP contribution in [-0.4, -0.2) is 47.1 Å². The molecule has 0 N–H and O–H groups in total. The molecular weight excluding hydrogens is 330 g/mol. The molecule has 4 rings (SSSR count). The number of hydrogen-bond donors (Lipinski definition) is 0. The van der Waals surface area contributed by atoms with Crippen molar-refractivity contribution in [3.63, 3.8) is 0 Å². The fourth-order valence-corrected chi connectivity index (χ4v) is 3.47. The molecule has 0 bridgehead atoms. The van der Waals surface area contributed by atoms with Gasteiger partial charge < -0.3 is 14.1 Å². The molecule has 1 aliphatic rings. The van der Waals surface area contributed by atoms with Gasteiger partial charge in [-0.15, -0.1) is 0 Å². The van der Waals surface area contributed by atoms with Gasteiger partial charge in [-0.1, -0.05) is 12.1 Å². The first kappa shape index (κ1) is 16.7. The van der Waals surface area contributed by atoms with E-state index in [4.69, 9.17) is 9.15 Å². The summed E-state index contributed by atoms with van der Waals surface area (Å²) in [4.78, 5) is 23.0. The highest BCUT2D eigenvalue weighted by Gasteiger charge is 2.25. The van der Waals surface area contributed by atoms with Crippen molar-refractivity contribution in [2.75, 3.05) is 26.3 Å². The monoisotopic (exact) mass is 351 g/mol. The van der Waals surface area contributed by atoms with Crippen molar-refractivity contribution >= 4 is 16.9 Å². The second-order valence-electron chi connectivity index (χ2n) is 6.63. The molecule has 0 radical (unpaired) electrons. The highest BCUT2D eigenvalue weighted by molar-refractivity contribution is 5.92. The van der Waals surface area contributed by atoms with E-state index in [0.717, 1.165) is 17.4 Å². The second kappa shape index (κ2) is 7.25. The van der Waals surface area contributed by atoms with Crippen LogP contribution in [0.3, 0.4) is 0 Å². The molecule has 6 nitrogen and oxygen atoms in total. The Kier molecular flexibility index (Phi) is 4.67. The van der Waals surface area contributed by atoms with Crippen molar-refractivity contribution in [3.05, 3.63) is 59.9 Å². The van der Waals surface area contributed by atoms with Crippen LogP contribution in [0, 0.1) is 12.8 Å². The third-order valence-corrected chi connectivity index (χ3v) is 4.71. The van der Waals surface area contributed by atoms with Crippen LogP contribution in [0.2, 0.25) is 0 Å². The Morgan fingerprint density at radius 1 is 1.31 bits per heavy atom. The van der Waals surface area contributed by atoms with Crippen LogP contribution in [0.5, 0.6) is 0 Å². The molecule has 0 aliphatic carbocycles. The Labute approximate surface area is 151 Å². The minimum absolute atomic E-state index is 0.0625. The van der Waals surface area contributed by atoms with Crippen molar-refractivity contribution in [3.8, 4) is 0 Å². The van der Waals surface area contributed by atoms with Crippen LogP contribution < -0.4 is 0 Å². The number of aryl methyl sites for hydroxylation is 1. The molecule has 26 heavy (non-hydrogen) atoms. The summed E-state index contributed by atoms with van der Waals surface area (Å²) >= 11 is 0. The van der Waals surface area contributed by atoms with Crippen LogP contribution in [-0.2, 0) is 11.2 Å². The number of benzene rings is 1. The summed E-state index contributed by atoms with van der Waals surface area (Å²) in [7, 11) is 0. The zero-order valence-corrected chi connectivity index (χ0v) is 14.7. The number of amides is 1. The molecule has 1 saturated heterocycles. The fraction of sp³-hybridized carbons (Fsp3) is 0.350. The van der Waals surface area contributed by atoms with Crippen LogP contribution >= 0.6 is 0 Å². The van der Waals surface area contributed by atoms with E-state index in [1.807, 2.05) is 23.1 Å². The maximum absolute atomic E-state index is 12.8. The van der Waals surface area contributed by atoms with Gasteiger partial charge in [0.05, 0.1) is 19.5 Å². The molecule has 3 heterocycles. The van der Waals surface area contributed by atoms with Gasteiger partial charge in [0.25, 0.3) is 5.91 Å². The zero-order chi connectivity index (χ0) is 17.9. The van der Waals surface area contributed by atoms with Gasteiger partial charge in [0.1, 0.15) is 17.1 Å². The lowest BCUT2D eigenvalue weighted by atomic mass is 9.97. The molecule has 1 amide bonds. The number of carbonyl (C=O) groups excluding carboxylic acids is 1. The Bertz CT molecular complexity index is 921. The van der Waals surface area contributed by atoms with E-state index in [-0.39, 0.29) is 11.8 Å². The maximum atomic E-state index is 12.8. The first-order valence-electron chi connectivity index (χ1n) is 8.82. The van der Waals surface area contributed by atoms with Gasteiger partial charge in [-0.05, 0) is 37.1 Å². The predicted octanol–water partition coefficient (Wildman–Crippen LogP) is 2.86. The van der Waals surface area contributed by atoms with Gasteiger partial charge in [0, 0.05) is 30.6 Å². The third kappa shape index (κ3) is 3.46. The van der Waals surface area contributed by atoms with E-state index in [1.165, 1.54) is 5.56 Å². The molecule has 1 fully saturated rings. The van der Waals surface area contributed by atoms with E-state index >= 15 is 0 Å². The summed E-state index contributed by atoms with van der Waals surface area (Å²) in [6.45, 7) is 4.20. The van der Waals surface area contributed by atoms with E-state index in [2.05, 4.69) is 16.0 Å². The largest absolute Gasteiger partial charge is 0.464 e. The molecule has 3 aromatic rings. The minimum Gasteiger partial charge on any atom is -0.464 e. The molecule has 0 spiro atoms. The molecule has 0 unspecified atom stereocenters. The number of carbonyl (C=O) groups is 1. The number of ether oxygens (including phenoxy) is 1. The van der Waals surface area contributed by atoms with E-state index in [0.29, 0.717) is 37.8 Å². The molecule has 1 aliphatic heterocycles. The van der Waals surface area contributed by atoms with Gasteiger partial charge in [-0.3, -0.25) is 4.79 Å². The van der Waals surface area contributed by atoms with Gasteiger partial charge >= 0.3 is 0 Å². The summed E-state index contributed by atoms with van der Waals surface area (Å²) < 4.78 is 11.3. The van der Waals surface area contributed by atoms with Crippen molar-refractivity contribution < 1.29 is 13.9 Å². The minimum atomic E-state index is -0.0625. The lowest BCUT2D eigenvalue weighted by Gasteiger charge is -2.23. The quantitative estimate of drug-likeness (QED) is 0.726. The molecule has 2 aromatic heterocycles. The Balaban J connectivity index is 1.52. The summed E-state index contributed by atoms with van der Waals surface area (Å²) in [6, 6.07) is 9.75. The highest BCUT2D eigenvalue weighted by Crippen LogP contribution is 2.24. The van der Waals surface area contributed by atoms with Crippen LogP contribution in [0.25, 0.3) is 11.0 Å². The van der Waals surface area contributed by atoms with Crippen molar-refractivity contribution in [1.82, 2.24) is 14.9 Å². The smallest absolute Gasteiger partial charge is 0.272 e. The third-order valence-electron chi connectivity index (χ3n) is 4.71. The first-order chi connectivity index (χ1) is 12.7. The summed E-state index contributed by atoms with van der Waals surface area (Å²) in [5.41, 5.74) is 2.55. The van der Waals surface area contributed by atoms with Gasteiger partial charge in [-0.25, -0.2) is 9.97 Å². The summed E-state index contributed by atoms with van der Waals surface area (Å²) in [6.07, 6.45) is 4.18. The standard InChI is InChI=1S/C20H21N3O3/c1-14-21-7-5-18(22-14)20(24)23-8-10-25-13-15(12-23)11-16-3-2-4-19-17(16)6-9-26-19/h2-7,9,15H,8,10-13H2,1H3/t15-/m0/s1. The Morgan fingerprint density at radius 3 is 3.12 bits per heavy atom. The Morgan fingerprint density at radius 2 is 2.23 bits per heavy atom. The van der Waals surface area contributed by atoms with Gasteiger partial charge in [0.15, 0.2) is 0 Å². The maximum Gasteiger partial charge on any atom is 0.272 e. The molecular formula is C20H21N3O3. The Hall–Kier alpha value is -2.73. The molecule has 134 valence electrons. The average Bonchev–Trinajstić information content (AvgIpc) is 3.01. The van der Waals surface area contributed by atoms with Crippen molar-refractivity contribution in [1.29, 1.82) is 0 Å². The van der Waals surface area contributed by atoms with Crippen LogP contribution in [0.15, 0.2) is 47.2 Å². The van der Waals surface area contributed by atoms with E-state index in [9.17, 15) is 4.79 Å². The summed E-state index contributed by atoms with van der Waals surface area (Å²) in [5, 5.41) is 1.13. The number of aromatic nitrogens is 2. The highest BCUT2D eigenvalue weighted by atomic mass is 16.5. The average molecular weight is 351 g/mol. The zero-order valence-electron chi connectivity index (χ0n) is 14.7. The number of hydrogen-bond acceptors (Lipinski definition) is 5. The summed E-state index contributed by atoms with van der Waals surface area (Å²) in [5.74, 6) is 0.766. The normalized spacial score (nSPS) is 18.0. The van der Waals surface area contributed by atoms with Crippen molar-refractivity contribution in [2.24, 2.45) is 5.92 Å². The molecule has 0 saturated carbocycles. The fourth-order valence-electron chi connectivity index (χ4n) is 3.47. The number of nitrogens with zero attached hydrogens (tertiary/aromatic N) is 3. The van der Waals surface area contributed by atoms with Gasteiger partial charge in [0.2, 0.25) is 0 Å². The molecule has 1 aromatic carbocycles. The first-order valence-corrected chi connectivity index (χ1v) is 8.82. The van der Waals surface area contributed by atoms with Gasteiger partial charge in [-0.2, -0.15) is 0 Å². The number of rotatable bonds is 3. The van der Waals surface area contributed by atoms with E-state index < -0.39 is 0 Å². The number of furan rings is 1. The van der Waals surface area contributed by atoms with Crippen LogP contribution in [0.1, 0.15) is 21.9 Å². The number of fused-ring (bicyclic) bond motifs is 1.